The minimum Gasteiger partial charge on any atom is -0.462 e. The average molecular weight is 437 g/mol. The van der Waals surface area contributed by atoms with Gasteiger partial charge in [0.05, 0.1) is 24.8 Å². The van der Waals surface area contributed by atoms with Gasteiger partial charge in [0, 0.05) is 23.2 Å². The number of hydrogen-bond acceptors (Lipinski definition) is 4. The van der Waals surface area contributed by atoms with E-state index in [9.17, 15) is 14.3 Å². The molecule has 2 atom stereocenters. The predicted octanol–water partition coefficient (Wildman–Crippen LogP) is 4.86. The lowest BCUT2D eigenvalue weighted by Crippen LogP contribution is -2.32. The molecule has 0 amide bonds. The molecule has 2 unspecified atom stereocenters. The number of rotatable bonds is 7. The summed E-state index contributed by atoms with van der Waals surface area (Å²) in [7, 11) is 0. The van der Waals surface area contributed by atoms with Crippen molar-refractivity contribution in [2.75, 3.05) is 0 Å². The Hall–Kier alpha value is -2.99. The van der Waals surface area contributed by atoms with E-state index in [2.05, 4.69) is 26.0 Å². The van der Waals surface area contributed by atoms with Gasteiger partial charge in [-0.05, 0) is 48.6 Å². The first-order valence-electron chi connectivity index (χ1n) is 11.2. The molecule has 1 saturated heterocycles. The number of halogens is 1. The van der Waals surface area contributed by atoms with E-state index in [1.54, 1.807) is 12.1 Å². The minimum absolute atomic E-state index is 0.0591. The summed E-state index contributed by atoms with van der Waals surface area (Å²) >= 11 is 0. The number of ether oxygens (including phenoxy) is 1. The molecule has 3 aromatic rings. The molecular formula is C26H29FN2O3. The van der Waals surface area contributed by atoms with Crippen LogP contribution in [0.4, 0.5) is 4.39 Å². The van der Waals surface area contributed by atoms with Gasteiger partial charge in [-0.3, -0.25) is 9.48 Å². The maximum Gasteiger partial charge on any atom is 0.308 e. The molecule has 168 valence electrons. The third-order valence-electron chi connectivity index (χ3n) is 5.89. The summed E-state index contributed by atoms with van der Waals surface area (Å²) in [6.45, 7) is 4.92. The molecule has 2 aromatic carbocycles. The average Bonchev–Trinajstić information content (AvgIpc) is 3.11. The standard InChI is InChI=1S/C26H29FN2O3/c1-17(2)26-23(13-12-22-14-21(30)15-24(31)32-22)25(19-8-10-20(27)11-9-19)28-29(26)16-18-6-4-3-5-7-18/h3-11,17,21-22,30H,12-16H2,1-2H3. The molecule has 2 heterocycles. The molecular weight excluding hydrogens is 407 g/mol. The summed E-state index contributed by atoms with van der Waals surface area (Å²) in [5, 5.41) is 14.9. The molecule has 0 bridgehead atoms. The van der Waals surface area contributed by atoms with Gasteiger partial charge in [0.15, 0.2) is 0 Å². The number of nitrogens with zero attached hydrogens (tertiary/aromatic N) is 2. The van der Waals surface area contributed by atoms with Gasteiger partial charge in [0.25, 0.3) is 0 Å². The van der Waals surface area contributed by atoms with Crippen LogP contribution in [-0.4, -0.2) is 33.1 Å². The monoisotopic (exact) mass is 436 g/mol. The number of aliphatic hydroxyl groups is 1. The largest absolute Gasteiger partial charge is 0.462 e. The second kappa shape index (κ2) is 9.65. The van der Waals surface area contributed by atoms with Crippen LogP contribution in [0.25, 0.3) is 11.3 Å². The summed E-state index contributed by atoms with van der Waals surface area (Å²) in [4.78, 5) is 11.8. The van der Waals surface area contributed by atoms with E-state index in [1.165, 1.54) is 12.1 Å². The van der Waals surface area contributed by atoms with Crippen LogP contribution in [0.2, 0.25) is 0 Å². The second-order valence-electron chi connectivity index (χ2n) is 8.76. The topological polar surface area (TPSA) is 64.3 Å². The lowest BCUT2D eigenvalue weighted by molar-refractivity contribution is -0.160. The van der Waals surface area contributed by atoms with Crippen molar-refractivity contribution < 1.29 is 19.0 Å². The van der Waals surface area contributed by atoms with Crippen LogP contribution in [0, 0.1) is 5.82 Å². The summed E-state index contributed by atoms with van der Waals surface area (Å²) in [6.07, 6.45) is 0.803. The maximum absolute atomic E-state index is 13.6. The van der Waals surface area contributed by atoms with Gasteiger partial charge in [-0.1, -0.05) is 44.2 Å². The van der Waals surface area contributed by atoms with Crippen molar-refractivity contribution >= 4 is 5.97 Å². The van der Waals surface area contributed by atoms with Gasteiger partial charge in [0.2, 0.25) is 0 Å². The van der Waals surface area contributed by atoms with Crippen molar-refractivity contribution in [3.63, 3.8) is 0 Å². The van der Waals surface area contributed by atoms with Crippen LogP contribution in [0.5, 0.6) is 0 Å². The van der Waals surface area contributed by atoms with Crippen molar-refractivity contribution in [3.8, 4) is 11.3 Å². The number of carbonyl (C=O) groups is 1. The Morgan fingerprint density at radius 1 is 1.16 bits per heavy atom. The molecule has 1 N–H and O–H groups in total. The molecule has 1 aliphatic rings. The Labute approximate surface area is 187 Å². The van der Waals surface area contributed by atoms with Gasteiger partial charge < -0.3 is 9.84 Å². The lowest BCUT2D eigenvalue weighted by Gasteiger charge is -2.26. The zero-order chi connectivity index (χ0) is 22.7. The molecule has 4 rings (SSSR count). The lowest BCUT2D eigenvalue weighted by atomic mass is 9.93. The van der Waals surface area contributed by atoms with Crippen LogP contribution < -0.4 is 0 Å². The molecule has 32 heavy (non-hydrogen) atoms. The van der Waals surface area contributed by atoms with E-state index in [1.807, 2.05) is 22.9 Å². The molecule has 0 spiro atoms. The number of carbonyl (C=O) groups excluding carboxylic acids is 1. The number of aromatic nitrogens is 2. The van der Waals surface area contributed by atoms with Crippen molar-refractivity contribution in [2.45, 2.75) is 64.2 Å². The van der Waals surface area contributed by atoms with Crippen LogP contribution in [0.15, 0.2) is 54.6 Å². The first-order chi connectivity index (χ1) is 15.4. The third-order valence-corrected chi connectivity index (χ3v) is 5.89. The van der Waals surface area contributed by atoms with E-state index in [-0.39, 0.29) is 30.2 Å². The predicted molar refractivity (Wildman–Crippen MR) is 121 cm³/mol. The van der Waals surface area contributed by atoms with E-state index in [0.717, 1.165) is 28.1 Å². The highest BCUT2D eigenvalue weighted by atomic mass is 19.1. The Bertz CT molecular complexity index is 1060. The van der Waals surface area contributed by atoms with Crippen molar-refractivity contribution in [2.24, 2.45) is 0 Å². The minimum atomic E-state index is -0.650. The molecule has 0 saturated carbocycles. The summed E-state index contributed by atoms with van der Waals surface area (Å²) < 4.78 is 21.1. The van der Waals surface area contributed by atoms with E-state index >= 15 is 0 Å². The normalized spacial score (nSPS) is 18.7. The number of benzene rings is 2. The Kier molecular flexibility index (Phi) is 6.70. The fourth-order valence-corrected chi connectivity index (χ4v) is 4.47. The maximum atomic E-state index is 13.6. The Morgan fingerprint density at radius 2 is 1.88 bits per heavy atom. The van der Waals surface area contributed by atoms with Crippen LogP contribution in [0.3, 0.4) is 0 Å². The molecule has 0 aliphatic carbocycles. The Balaban J connectivity index is 1.70. The summed E-state index contributed by atoms with van der Waals surface area (Å²) in [6, 6.07) is 16.6. The van der Waals surface area contributed by atoms with Crippen molar-refractivity contribution in [3.05, 3.63) is 77.2 Å². The van der Waals surface area contributed by atoms with Crippen LogP contribution in [-0.2, 0) is 22.5 Å². The first-order valence-corrected chi connectivity index (χ1v) is 11.2. The first kappa shape index (κ1) is 22.2. The quantitative estimate of drug-likeness (QED) is 0.537. The van der Waals surface area contributed by atoms with Crippen LogP contribution >= 0.6 is 0 Å². The summed E-state index contributed by atoms with van der Waals surface area (Å²) in [5.41, 5.74) is 5.04. The molecule has 1 fully saturated rings. The highest BCUT2D eigenvalue weighted by molar-refractivity contribution is 5.71. The van der Waals surface area contributed by atoms with Crippen molar-refractivity contribution in [1.29, 1.82) is 0 Å². The fourth-order valence-electron chi connectivity index (χ4n) is 4.47. The van der Waals surface area contributed by atoms with Crippen molar-refractivity contribution in [1.82, 2.24) is 9.78 Å². The van der Waals surface area contributed by atoms with E-state index in [0.29, 0.717) is 25.8 Å². The second-order valence-corrected chi connectivity index (χ2v) is 8.76. The highest BCUT2D eigenvalue weighted by Gasteiger charge is 2.29. The number of cyclic esters (lactones) is 1. The van der Waals surface area contributed by atoms with E-state index in [4.69, 9.17) is 9.84 Å². The molecule has 5 nitrogen and oxygen atoms in total. The van der Waals surface area contributed by atoms with Gasteiger partial charge in [-0.15, -0.1) is 0 Å². The SMILES string of the molecule is CC(C)c1c(CCC2CC(O)CC(=O)O2)c(-c2ccc(F)cc2)nn1Cc1ccccc1. The highest BCUT2D eigenvalue weighted by Crippen LogP contribution is 2.33. The number of aliphatic hydroxyl groups excluding tert-OH is 1. The molecule has 6 heteroatoms. The molecule has 0 radical (unpaired) electrons. The third kappa shape index (κ3) is 5.07. The smallest absolute Gasteiger partial charge is 0.308 e. The molecule has 1 aromatic heterocycles. The number of esters is 1. The fraction of sp³-hybridized carbons (Fsp3) is 0.385. The zero-order valence-electron chi connectivity index (χ0n) is 18.5. The van der Waals surface area contributed by atoms with Crippen LogP contribution in [0.1, 0.15) is 55.8 Å². The van der Waals surface area contributed by atoms with Gasteiger partial charge in [-0.2, -0.15) is 5.10 Å². The Morgan fingerprint density at radius 3 is 2.53 bits per heavy atom. The van der Waals surface area contributed by atoms with E-state index < -0.39 is 6.10 Å². The van der Waals surface area contributed by atoms with Gasteiger partial charge in [-0.25, -0.2) is 4.39 Å². The van der Waals surface area contributed by atoms with Gasteiger partial charge >= 0.3 is 5.97 Å². The molecule has 1 aliphatic heterocycles. The number of hydrogen-bond donors (Lipinski definition) is 1. The zero-order valence-corrected chi connectivity index (χ0v) is 18.5. The summed E-state index contributed by atoms with van der Waals surface area (Å²) in [5.74, 6) is -0.419. The van der Waals surface area contributed by atoms with Gasteiger partial charge in [0.1, 0.15) is 11.9 Å².